The summed E-state index contributed by atoms with van der Waals surface area (Å²) in [4.78, 5) is 14.5. The molecular formula is C15H20BrNO3. The molecule has 1 aromatic carbocycles. The molecule has 0 N–H and O–H groups in total. The van der Waals surface area contributed by atoms with E-state index in [9.17, 15) is 4.79 Å². The lowest BCUT2D eigenvalue weighted by Crippen LogP contribution is -2.40. The standard InChI is InChI=1S/C15H20BrNO3/c1-19-13-6-12(7-14(8-13)20-2)15(18)17-5-3-4-11(9-16)10-17/h6-8,11H,3-5,9-10H2,1-2H3. The summed E-state index contributed by atoms with van der Waals surface area (Å²) in [6, 6.07) is 5.31. The van der Waals surface area contributed by atoms with Crippen molar-refractivity contribution in [1.29, 1.82) is 0 Å². The molecular weight excluding hydrogens is 322 g/mol. The van der Waals surface area contributed by atoms with Gasteiger partial charge in [-0.05, 0) is 30.9 Å². The van der Waals surface area contributed by atoms with Gasteiger partial charge in [-0.3, -0.25) is 4.79 Å². The summed E-state index contributed by atoms with van der Waals surface area (Å²) in [5.74, 6) is 1.87. The number of hydrogen-bond acceptors (Lipinski definition) is 3. The maximum atomic E-state index is 12.6. The van der Waals surface area contributed by atoms with Crippen LogP contribution in [0.15, 0.2) is 18.2 Å². The molecule has 0 bridgehead atoms. The highest BCUT2D eigenvalue weighted by molar-refractivity contribution is 9.09. The average Bonchev–Trinajstić information content (AvgIpc) is 2.53. The van der Waals surface area contributed by atoms with Crippen LogP contribution in [0.2, 0.25) is 0 Å². The van der Waals surface area contributed by atoms with Crippen LogP contribution in [0.4, 0.5) is 0 Å². The quantitative estimate of drug-likeness (QED) is 0.790. The Labute approximate surface area is 128 Å². The Morgan fingerprint density at radius 2 is 1.95 bits per heavy atom. The van der Waals surface area contributed by atoms with Crippen molar-refractivity contribution >= 4 is 21.8 Å². The summed E-state index contributed by atoms with van der Waals surface area (Å²) in [6.07, 6.45) is 2.24. The molecule has 0 radical (unpaired) electrons. The van der Waals surface area contributed by atoms with Gasteiger partial charge < -0.3 is 14.4 Å². The molecule has 0 aromatic heterocycles. The molecule has 1 amide bonds. The fraction of sp³-hybridized carbons (Fsp3) is 0.533. The molecule has 1 aliphatic heterocycles. The number of hydrogen-bond donors (Lipinski definition) is 0. The van der Waals surface area contributed by atoms with Gasteiger partial charge in [0.15, 0.2) is 0 Å². The van der Waals surface area contributed by atoms with E-state index in [1.165, 1.54) is 6.42 Å². The van der Waals surface area contributed by atoms with Crippen LogP contribution in [0, 0.1) is 5.92 Å². The number of likely N-dealkylation sites (tertiary alicyclic amines) is 1. The largest absolute Gasteiger partial charge is 0.497 e. The molecule has 1 heterocycles. The maximum absolute atomic E-state index is 12.6. The SMILES string of the molecule is COc1cc(OC)cc(C(=O)N2CCCC(CBr)C2)c1. The Kier molecular flexibility index (Phi) is 5.29. The number of rotatable bonds is 4. The van der Waals surface area contributed by atoms with Crippen LogP contribution in [-0.2, 0) is 0 Å². The Balaban J connectivity index is 2.19. The van der Waals surface area contributed by atoms with Gasteiger partial charge in [0, 0.05) is 30.0 Å². The normalized spacial score (nSPS) is 18.8. The number of halogens is 1. The molecule has 2 rings (SSSR count). The monoisotopic (exact) mass is 341 g/mol. The molecule has 110 valence electrons. The Morgan fingerprint density at radius 3 is 2.50 bits per heavy atom. The molecule has 1 aliphatic rings. The zero-order valence-corrected chi connectivity index (χ0v) is 13.5. The highest BCUT2D eigenvalue weighted by Crippen LogP contribution is 2.25. The molecule has 1 fully saturated rings. The summed E-state index contributed by atoms with van der Waals surface area (Å²) in [6.45, 7) is 1.63. The Bertz CT molecular complexity index is 456. The summed E-state index contributed by atoms with van der Waals surface area (Å²) in [5, 5.41) is 0.943. The summed E-state index contributed by atoms with van der Waals surface area (Å²) in [5.41, 5.74) is 0.622. The second kappa shape index (κ2) is 6.97. The van der Waals surface area contributed by atoms with Crippen LogP contribution in [-0.4, -0.2) is 43.4 Å². The second-order valence-electron chi connectivity index (χ2n) is 5.02. The molecule has 1 atom stereocenters. The van der Waals surface area contributed by atoms with Crippen molar-refractivity contribution in [3.63, 3.8) is 0 Å². The lowest BCUT2D eigenvalue weighted by Gasteiger charge is -2.32. The van der Waals surface area contributed by atoms with E-state index in [1.807, 2.05) is 4.90 Å². The topological polar surface area (TPSA) is 38.8 Å². The fourth-order valence-electron chi connectivity index (χ4n) is 2.49. The number of nitrogens with zero attached hydrogens (tertiary/aromatic N) is 1. The van der Waals surface area contributed by atoms with Crippen molar-refractivity contribution in [2.45, 2.75) is 12.8 Å². The van der Waals surface area contributed by atoms with Gasteiger partial charge in [-0.1, -0.05) is 15.9 Å². The van der Waals surface area contributed by atoms with Gasteiger partial charge in [0.2, 0.25) is 0 Å². The van der Waals surface area contributed by atoms with Crippen molar-refractivity contribution in [1.82, 2.24) is 4.90 Å². The first kappa shape index (κ1) is 15.2. The predicted octanol–water partition coefficient (Wildman–Crippen LogP) is 2.95. The van der Waals surface area contributed by atoms with Crippen LogP contribution in [0.1, 0.15) is 23.2 Å². The van der Waals surface area contributed by atoms with E-state index in [0.29, 0.717) is 23.0 Å². The predicted molar refractivity (Wildman–Crippen MR) is 82.0 cm³/mol. The van der Waals surface area contributed by atoms with Gasteiger partial charge in [-0.15, -0.1) is 0 Å². The van der Waals surface area contributed by atoms with E-state index in [0.717, 1.165) is 24.8 Å². The number of ether oxygens (including phenoxy) is 2. The number of piperidine rings is 1. The van der Waals surface area contributed by atoms with Crippen molar-refractivity contribution in [3.05, 3.63) is 23.8 Å². The van der Waals surface area contributed by atoms with E-state index in [4.69, 9.17) is 9.47 Å². The molecule has 0 aliphatic carbocycles. The number of carbonyl (C=O) groups excluding carboxylic acids is 1. The highest BCUT2D eigenvalue weighted by atomic mass is 79.9. The number of alkyl halides is 1. The number of carbonyl (C=O) groups is 1. The lowest BCUT2D eigenvalue weighted by molar-refractivity contribution is 0.0685. The zero-order chi connectivity index (χ0) is 14.5. The van der Waals surface area contributed by atoms with Gasteiger partial charge in [-0.2, -0.15) is 0 Å². The van der Waals surface area contributed by atoms with E-state index < -0.39 is 0 Å². The molecule has 1 unspecified atom stereocenters. The van der Waals surface area contributed by atoms with E-state index in [1.54, 1.807) is 32.4 Å². The summed E-state index contributed by atoms with van der Waals surface area (Å²) < 4.78 is 10.4. The van der Waals surface area contributed by atoms with Crippen LogP contribution in [0.5, 0.6) is 11.5 Å². The van der Waals surface area contributed by atoms with E-state index >= 15 is 0 Å². The van der Waals surface area contributed by atoms with Gasteiger partial charge in [0.25, 0.3) is 5.91 Å². The molecule has 4 nitrogen and oxygen atoms in total. The Morgan fingerprint density at radius 1 is 1.30 bits per heavy atom. The molecule has 5 heteroatoms. The molecule has 0 spiro atoms. The lowest BCUT2D eigenvalue weighted by atomic mass is 9.99. The number of amides is 1. The van der Waals surface area contributed by atoms with Gasteiger partial charge in [0.1, 0.15) is 11.5 Å². The van der Waals surface area contributed by atoms with E-state index in [-0.39, 0.29) is 5.91 Å². The van der Waals surface area contributed by atoms with Gasteiger partial charge >= 0.3 is 0 Å². The minimum Gasteiger partial charge on any atom is -0.497 e. The summed E-state index contributed by atoms with van der Waals surface area (Å²) >= 11 is 3.51. The molecule has 0 saturated carbocycles. The zero-order valence-electron chi connectivity index (χ0n) is 11.9. The average molecular weight is 342 g/mol. The smallest absolute Gasteiger partial charge is 0.254 e. The van der Waals surface area contributed by atoms with Crippen molar-refractivity contribution in [2.24, 2.45) is 5.92 Å². The van der Waals surface area contributed by atoms with Crippen LogP contribution >= 0.6 is 15.9 Å². The van der Waals surface area contributed by atoms with Crippen molar-refractivity contribution < 1.29 is 14.3 Å². The third kappa shape index (κ3) is 3.45. The molecule has 1 aromatic rings. The van der Waals surface area contributed by atoms with Gasteiger partial charge in [0.05, 0.1) is 14.2 Å². The minimum atomic E-state index is 0.0489. The van der Waals surface area contributed by atoms with Crippen LogP contribution in [0.25, 0.3) is 0 Å². The second-order valence-corrected chi connectivity index (χ2v) is 5.66. The summed E-state index contributed by atoms with van der Waals surface area (Å²) in [7, 11) is 3.18. The fourth-order valence-corrected chi connectivity index (χ4v) is 3.02. The van der Waals surface area contributed by atoms with Crippen molar-refractivity contribution in [3.8, 4) is 11.5 Å². The first-order chi connectivity index (χ1) is 9.67. The first-order valence-corrected chi connectivity index (χ1v) is 7.88. The van der Waals surface area contributed by atoms with Crippen LogP contribution < -0.4 is 9.47 Å². The highest BCUT2D eigenvalue weighted by Gasteiger charge is 2.24. The third-order valence-corrected chi connectivity index (χ3v) is 4.54. The van der Waals surface area contributed by atoms with Gasteiger partial charge in [-0.25, -0.2) is 0 Å². The number of benzene rings is 1. The first-order valence-electron chi connectivity index (χ1n) is 6.76. The van der Waals surface area contributed by atoms with Crippen LogP contribution in [0.3, 0.4) is 0 Å². The maximum Gasteiger partial charge on any atom is 0.254 e. The number of methoxy groups -OCH3 is 2. The van der Waals surface area contributed by atoms with E-state index in [2.05, 4.69) is 15.9 Å². The Hall–Kier alpha value is -1.23. The third-order valence-electron chi connectivity index (χ3n) is 3.62. The molecule has 1 saturated heterocycles. The molecule has 20 heavy (non-hydrogen) atoms. The van der Waals surface area contributed by atoms with Crippen molar-refractivity contribution in [2.75, 3.05) is 32.6 Å². The minimum absolute atomic E-state index is 0.0489.